The molecular weight excluding hydrogens is 317 g/mol. The van der Waals surface area contributed by atoms with E-state index >= 15 is 0 Å². The van der Waals surface area contributed by atoms with Crippen molar-refractivity contribution in [3.63, 3.8) is 0 Å². The zero-order valence-corrected chi connectivity index (χ0v) is 10.8. The average molecular weight is 328 g/mol. The van der Waals surface area contributed by atoms with E-state index in [1.807, 2.05) is 0 Å². The molecule has 0 aliphatic rings. The van der Waals surface area contributed by atoms with E-state index in [4.69, 9.17) is 0 Å². The van der Waals surface area contributed by atoms with Gasteiger partial charge in [0.05, 0.1) is 0 Å². The Morgan fingerprint density at radius 2 is 1.45 bits per heavy atom. The highest BCUT2D eigenvalue weighted by Crippen LogP contribution is 2.59. The highest BCUT2D eigenvalue weighted by molar-refractivity contribution is 7.48. The van der Waals surface area contributed by atoms with E-state index in [0.29, 0.717) is 0 Å². The standard InChI is InChI=1S/C9H11F6O4P/c1-3-5-7(6-4-2)8(10,9(11,12)13)17-20(16,18-14)19-15/h3-4,7H,1-2,5-6H2. The Morgan fingerprint density at radius 3 is 1.70 bits per heavy atom. The molecule has 0 aromatic rings. The van der Waals surface area contributed by atoms with Crippen LogP contribution < -0.4 is 0 Å². The molecule has 4 nitrogen and oxygen atoms in total. The molecular formula is C9H11F6O4P. The van der Waals surface area contributed by atoms with Crippen molar-refractivity contribution in [3.05, 3.63) is 25.3 Å². The molecule has 20 heavy (non-hydrogen) atoms. The second-order valence-corrected chi connectivity index (χ2v) is 4.92. The van der Waals surface area contributed by atoms with Gasteiger partial charge in [-0.25, -0.2) is 13.5 Å². The fraction of sp³-hybridized carbons (Fsp3) is 0.556. The van der Waals surface area contributed by atoms with Gasteiger partial charge >= 0.3 is 19.9 Å². The lowest BCUT2D eigenvalue weighted by Gasteiger charge is -2.34. The molecule has 0 rings (SSSR count). The van der Waals surface area contributed by atoms with Crippen molar-refractivity contribution in [3.8, 4) is 0 Å². The molecule has 11 heteroatoms. The molecule has 0 fully saturated rings. The summed E-state index contributed by atoms with van der Waals surface area (Å²) in [6.07, 6.45) is -5.16. The molecule has 0 amide bonds. The lowest BCUT2D eigenvalue weighted by molar-refractivity contribution is -0.333. The van der Waals surface area contributed by atoms with Crippen LogP contribution in [-0.4, -0.2) is 12.0 Å². The van der Waals surface area contributed by atoms with Crippen LogP contribution in [-0.2, 0) is 18.5 Å². The summed E-state index contributed by atoms with van der Waals surface area (Å²) in [7, 11) is -6.00. The Labute approximate surface area is 110 Å². The number of alkyl halides is 4. The molecule has 0 saturated heterocycles. The SMILES string of the molecule is C=CCC(CC=C)C(F)(OP(=O)(OF)OF)C(F)(F)F. The molecule has 0 aliphatic carbocycles. The van der Waals surface area contributed by atoms with Crippen molar-refractivity contribution in [2.75, 3.05) is 0 Å². The molecule has 0 heterocycles. The largest absolute Gasteiger partial charge is 0.540 e. The van der Waals surface area contributed by atoms with Crippen molar-refractivity contribution < 1.29 is 45.2 Å². The zero-order chi connectivity index (χ0) is 16.0. The van der Waals surface area contributed by atoms with E-state index in [-0.39, 0.29) is 0 Å². The molecule has 0 bridgehead atoms. The molecule has 0 aromatic heterocycles. The average Bonchev–Trinajstić information content (AvgIpc) is 2.37. The topological polar surface area (TPSA) is 44.8 Å². The Morgan fingerprint density at radius 1 is 1.05 bits per heavy atom. The Balaban J connectivity index is 5.65. The summed E-state index contributed by atoms with van der Waals surface area (Å²) in [5.74, 6) is -6.74. The van der Waals surface area contributed by atoms with Gasteiger partial charge in [0.15, 0.2) is 0 Å². The van der Waals surface area contributed by atoms with Crippen LogP contribution in [0.1, 0.15) is 12.8 Å². The van der Waals surface area contributed by atoms with Crippen molar-refractivity contribution >= 4 is 7.82 Å². The third kappa shape index (κ3) is 4.34. The van der Waals surface area contributed by atoms with Gasteiger partial charge in [0.25, 0.3) is 0 Å². The Hall–Kier alpha value is -0.830. The van der Waals surface area contributed by atoms with Gasteiger partial charge in [-0.3, -0.25) is 0 Å². The fourth-order valence-corrected chi connectivity index (χ4v) is 2.02. The van der Waals surface area contributed by atoms with E-state index in [2.05, 4.69) is 27.1 Å². The van der Waals surface area contributed by atoms with Gasteiger partial charge in [-0.2, -0.15) is 13.2 Å². The number of halogens is 6. The van der Waals surface area contributed by atoms with Crippen molar-refractivity contribution in [1.29, 1.82) is 0 Å². The van der Waals surface area contributed by atoms with Gasteiger partial charge in [-0.1, -0.05) is 21.6 Å². The van der Waals surface area contributed by atoms with Crippen LogP contribution in [0.2, 0.25) is 0 Å². The smallest absolute Gasteiger partial charge is 0.235 e. The van der Waals surface area contributed by atoms with E-state index in [0.717, 1.165) is 12.2 Å². The normalized spacial score (nSPS) is 15.9. The minimum absolute atomic E-state index is 0.611. The van der Waals surface area contributed by atoms with E-state index in [9.17, 15) is 31.2 Å². The maximum atomic E-state index is 14.1. The van der Waals surface area contributed by atoms with E-state index < -0.39 is 38.6 Å². The predicted molar refractivity (Wildman–Crippen MR) is 56.1 cm³/mol. The first-order valence-electron chi connectivity index (χ1n) is 4.99. The molecule has 0 aromatic carbocycles. The second kappa shape index (κ2) is 7.26. The highest BCUT2D eigenvalue weighted by atomic mass is 31.2. The highest BCUT2D eigenvalue weighted by Gasteiger charge is 2.65. The molecule has 1 unspecified atom stereocenters. The van der Waals surface area contributed by atoms with Gasteiger partial charge < -0.3 is 0 Å². The van der Waals surface area contributed by atoms with Crippen LogP contribution in [0.5, 0.6) is 0 Å². The van der Waals surface area contributed by atoms with Crippen LogP contribution in [0, 0.1) is 5.92 Å². The van der Waals surface area contributed by atoms with Gasteiger partial charge in [-0.15, -0.1) is 13.2 Å². The van der Waals surface area contributed by atoms with Gasteiger partial charge in [0, 0.05) is 5.92 Å². The summed E-state index contributed by atoms with van der Waals surface area (Å²) in [5, 5.41) is 0. The lowest BCUT2D eigenvalue weighted by atomic mass is 9.92. The van der Waals surface area contributed by atoms with Gasteiger partial charge in [-0.05, 0) is 21.9 Å². The Bertz CT molecular complexity index is 369. The van der Waals surface area contributed by atoms with Crippen molar-refractivity contribution in [2.24, 2.45) is 5.92 Å². The van der Waals surface area contributed by atoms with Crippen molar-refractivity contribution in [2.45, 2.75) is 24.9 Å². The monoisotopic (exact) mass is 328 g/mol. The molecule has 0 spiro atoms. The summed E-state index contributed by atoms with van der Waals surface area (Å²) in [6.45, 7) is 6.22. The maximum Gasteiger partial charge on any atom is 0.540 e. The molecule has 0 N–H and O–H groups in total. The molecule has 0 radical (unpaired) electrons. The minimum Gasteiger partial charge on any atom is -0.235 e. The van der Waals surface area contributed by atoms with Crippen LogP contribution in [0.25, 0.3) is 0 Å². The quantitative estimate of drug-likeness (QED) is 0.343. The van der Waals surface area contributed by atoms with Crippen LogP contribution in [0.15, 0.2) is 25.3 Å². The fourth-order valence-electron chi connectivity index (χ4n) is 1.36. The number of rotatable bonds is 9. The summed E-state index contributed by atoms with van der Waals surface area (Å²) in [5.41, 5.74) is 0. The molecule has 0 aliphatic heterocycles. The first kappa shape index (κ1) is 19.2. The van der Waals surface area contributed by atoms with Gasteiger partial charge in [0.2, 0.25) is 0 Å². The molecule has 1 atom stereocenters. The lowest BCUT2D eigenvalue weighted by Crippen LogP contribution is -2.49. The van der Waals surface area contributed by atoms with Crippen molar-refractivity contribution in [1.82, 2.24) is 0 Å². The van der Waals surface area contributed by atoms with E-state index in [1.165, 1.54) is 0 Å². The molecule has 0 saturated carbocycles. The third-order valence-corrected chi connectivity index (χ3v) is 3.06. The van der Waals surface area contributed by atoms with Gasteiger partial charge in [0.1, 0.15) is 0 Å². The first-order valence-corrected chi connectivity index (χ1v) is 6.45. The maximum absolute atomic E-state index is 14.1. The third-order valence-electron chi connectivity index (χ3n) is 2.23. The van der Waals surface area contributed by atoms with E-state index in [1.54, 1.807) is 0 Å². The number of allylic oxidation sites excluding steroid dienone is 2. The first-order chi connectivity index (χ1) is 9.10. The van der Waals surface area contributed by atoms with Crippen LogP contribution in [0.4, 0.5) is 26.6 Å². The number of phosphoric acid groups is 1. The summed E-state index contributed by atoms with van der Waals surface area (Å²) in [4.78, 5) is 0. The zero-order valence-electron chi connectivity index (χ0n) is 9.91. The summed E-state index contributed by atoms with van der Waals surface area (Å²) >= 11 is 0. The van der Waals surface area contributed by atoms with Crippen LogP contribution in [0.3, 0.4) is 0 Å². The summed E-state index contributed by atoms with van der Waals surface area (Å²) < 4.78 is 94.8. The molecule has 118 valence electrons. The number of hydrogen-bond acceptors (Lipinski definition) is 4. The number of hydrogen-bond donors (Lipinski definition) is 0. The second-order valence-electron chi connectivity index (χ2n) is 3.56. The Kier molecular flexibility index (Phi) is 6.96. The predicted octanol–water partition coefficient (Wildman–Crippen LogP) is 4.91. The van der Waals surface area contributed by atoms with Crippen LogP contribution >= 0.6 is 7.82 Å². The summed E-state index contributed by atoms with van der Waals surface area (Å²) in [6, 6.07) is 0. The minimum atomic E-state index is -6.00.